The van der Waals surface area contributed by atoms with Crippen LogP contribution in [-0.2, 0) is 6.18 Å². The molecule has 0 atom stereocenters. The van der Waals surface area contributed by atoms with Gasteiger partial charge in [0.1, 0.15) is 11.6 Å². The zero-order valence-corrected chi connectivity index (χ0v) is 16.5. The molecule has 1 fully saturated rings. The first-order valence-electron chi connectivity index (χ1n) is 9.95. The number of carbonyl (C=O) groups is 1. The predicted octanol–water partition coefficient (Wildman–Crippen LogP) is 4.11. The molecule has 1 saturated heterocycles. The van der Waals surface area contributed by atoms with Crippen LogP contribution in [0.15, 0.2) is 36.7 Å². The Labute approximate surface area is 173 Å². The van der Waals surface area contributed by atoms with Crippen LogP contribution in [-0.4, -0.2) is 42.2 Å². The number of carbonyl (C=O) groups excluding carboxylic acids is 1. The molecule has 0 bridgehead atoms. The van der Waals surface area contributed by atoms with Crippen molar-refractivity contribution >= 4 is 23.4 Å². The van der Waals surface area contributed by atoms with Crippen molar-refractivity contribution in [1.29, 1.82) is 0 Å². The van der Waals surface area contributed by atoms with Gasteiger partial charge < -0.3 is 20.9 Å². The number of anilines is 3. The van der Waals surface area contributed by atoms with Crippen molar-refractivity contribution in [3.8, 4) is 0 Å². The first-order chi connectivity index (χ1) is 14.4. The largest absolute Gasteiger partial charge is 0.417 e. The van der Waals surface area contributed by atoms with Gasteiger partial charge in [0.2, 0.25) is 0 Å². The van der Waals surface area contributed by atoms with E-state index in [1.807, 2.05) is 12.1 Å². The van der Waals surface area contributed by atoms with Crippen molar-refractivity contribution in [2.75, 3.05) is 41.7 Å². The lowest BCUT2D eigenvalue weighted by atomic mass is 10.1. The van der Waals surface area contributed by atoms with E-state index in [4.69, 9.17) is 0 Å². The van der Waals surface area contributed by atoms with Crippen LogP contribution in [0, 0.1) is 0 Å². The monoisotopic (exact) mass is 422 g/mol. The second-order valence-electron chi connectivity index (χ2n) is 7.04. The zero-order chi connectivity index (χ0) is 21.4. The Morgan fingerprint density at radius 1 is 1.00 bits per heavy atom. The summed E-state index contributed by atoms with van der Waals surface area (Å²) in [4.78, 5) is 22.4. The molecule has 0 radical (unpaired) electrons. The summed E-state index contributed by atoms with van der Waals surface area (Å²) in [7, 11) is 0. The number of amides is 2. The van der Waals surface area contributed by atoms with Crippen LogP contribution >= 0.6 is 0 Å². The number of hydrogen-bond acceptors (Lipinski definition) is 5. The van der Waals surface area contributed by atoms with Gasteiger partial charge in [-0.2, -0.15) is 13.2 Å². The molecule has 0 unspecified atom stereocenters. The third kappa shape index (κ3) is 6.50. The zero-order valence-electron chi connectivity index (χ0n) is 16.5. The third-order valence-corrected chi connectivity index (χ3v) is 4.72. The van der Waals surface area contributed by atoms with Crippen molar-refractivity contribution in [1.82, 2.24) is 15.3 Å². The van der Waals surface area contributed by atoms with E-state index in [1.165, 1.54) is 25.3 Å². The molecule has 30 heavy (non-hydrogen) atoms. The van der Waals surface area contributed by atoms with E-state index >= 15 is 0 Å². The molecule has 162 valence electrons. The summed E-state index contributed by atoms with van der Waals surface area (Å²) in [6.45, 7) is 2.88. The molecule has 3 N–H and O–H groups in total. The molecule has 0 spiro atoms. The van der Waals surface area contributed by atoms with Crippen LogP contribution in [0.1, 0.15) is 31.2 Å². The molecule has 3 rings (SSSR count). The normalized spacial score (nSPS) is 14.3. The van der Waals surface area contributed by atoms with Crippen molar-refractivity contribution in [2.24, 2.45) is 0 Å². The number of nitrogens with zero attached hydrogens (tertiary/aromatic N) is 3. The molecular weight excluding hydrogens is 397 g/mol. The maximum atomic E-state index is 12.5. The number of piperidine rings is 1. The highest BCUT2D eigenvalue weighted by Gasteiger charge is 2.30. The van der Waals surface area contributed by atoms with Crippen LogP contribution in [0.25, 0.3) is 0 Å². The molecule has 0 aromatic carbocycles. The topological polar surface area (TPSA) is 82.2 Å². The van der Waals surface area contributed by atoms with Crippen LogP contribution in [0.5, 0.6) is 0 Å². The Balaban J connectivity index is 1.33. The van der Waals surface area contributed by atoms with Gasteiger partial charge >= 0.3 is 12.2 Å². The molecule has 0 aliphatic carbocycles. The van der Waals surface area contributed by atoms with Crippen molar-refractivity contribution < 1.29 is 18.0 Å². The highest BCUT2D eigenvalue weighted by molar-refractivity contribution is 5.89. The van der Waals surface area contributed by atoms with Crippen LogP contribution in [0.3, 0.4) is 0 Å². The Bertz CT molecular complexity index is 805. The van der Waals surface area contributed by atoms with E-state index in [-0.39, 0.29) is 6.03 Å². The summed E-state index contributed by atoms with van der Waals surface area (Å²) >= 11 is 0. The molecule has 1 aliphatic heterocycles. The van der Waals surface area contributed by atoms with Crippen molar-refractivity contribution in [2.45, 2.75) is 31.9 Å². The maximum Gasteiger partial charge on any atom is 0.417 e. The lowest BCUT2D eigenvalue weighted by Gasteiger charge is -2.27. The fourth-order valence-corrected chi connectivity index (χ4v) is 3.12. The summed E-state index contributed by atoms with van der Waals surface area (Å²) in [5.41, 5.74) is -0.176. The van der Waals surface area contributed by atoms with Gasteiger partial charge in [0.15, 0.2) is 0 Å². The Morgan fingerprint density at radius 2 is 1.80 bits per heavy atom. The van der Waals surface area contributed by atoms with Gasteiger partial charge in [-0.15, -0.1) is 0 Å². The lowest BCUT2D eigenvalue weighted by molar-refractivity contribution is -0.137. The minimum atomic E-state index is -4.40. The molecule has 7 nitrogen and oxygen atoms in total. The molecule has 0 saturated carbocycles. The molecule has 2 aromatic heterocycles. The van der Waals surface area contributed by atoms with Crippen LogP contribution < -0.4 is 20.9 Å². The summed E-state index contributed by atoms with van der Waals surface area (Å²) in [5.74, 6) is 1.27. The molecule has 1 aliphatic rings. The van der Waals surface area contributed by atoms with Gasteiger partial charge in [-0.25, -0.2) is 14.8 Å². The highest BCUT2D eigenvalue weighted by atomic mass is 19.4. The van der Waals surface area contributed by atoms with E-state index in [1.54, 1.807) is 6.20 Å². The number of pyridine rings is 2. The molecule has 2 aromatic rings. The third-order valence-electron chi connectivity index (χ3n) is 4.72. The molecular formula is C20H25F3N6O. The SMILES string of the molecule is O=C(NCCCNc1ccc(C(F)(F)F)cn1)Nc1ccc(N2CCCCC2)nc1. The minimum Gasteiger partial charge on any atom is -0.370 e. The standard InChI is InChI=1S/C20H25F3N6O/c21-20(22,23)15-5-7-17(26-13-15)24-9-4-10-25-19(30)28-16-6-8-18(27-14-16)29-11-2-1-3-12-29/h5-8,13-14H,1-4,9-12H2,(H,24,26)(H2,25,28,30). The van der Waals surface area contributed by atoms with Gasteiger partial charge in [-0.3, -0.25) is 0 Å². The van der Waals surface area contributed by atoms with E-state index in [0.29, 0.717) is 31.0 Å². The van der Waals surface area contributed by atoms with Gasteiger partial charge in [-0.05, 0) is 49.9 Å². The quantitative estimate of drug-likeness (QED) is 0.585. The molecule has 10 heteroatoms. The van der Waals surface area contributed by atoms with E-state index in [0.717, 1.165) is 31.2 Å². The van der Waals surface area contributed by atoms with Gasteiger partial charge in [0.05, 0.1) is 17.4 Å². The van der Waals surface area contributed by atoms with Gasteiger partial charge in [-0.1, -0.05) is 0 Å². The molecule has 3 heterocycles. The lowest BCUT2D eigenvalue weighted by Crippen LogP contribution is -2.31. The smallest absolute Gasteiger partial charge is 0.370 e. The number of alkyl halides is 3. The van der Waals surface area contributed by atoms with Gasteiger partial charge in [0.25, 0.3) is 0 Å². The fourth-order valence-electron chi connectivity index (χ4n) is 3.12. The first-order valence-corrected chi connectivity index (χ1v) is 9.95. The molecule has 2 amide bonds. The summed E-state index contributed by atoms with van der Waals surface area (Å²) in [6.07, 6.45) is 2.23. The van der Waals surface area contributed by atoms with Crippen LogP contribution in [0.4, 0.5) is 35.3 Å². The van der Waals surface area contributed by atoms with Gasteiger partial charge in [0, 0.05) is 32.4 Å². The summed E-state index contributed by atoms with van der Waals surface area (Å²) in [5, 5.41) is 8.38. The van der Waals surface area contributed by atoms with Crippen molar-refractivity contribution in [3.63, 3.8) is 0 Å². The van der Waals surface area contributed by atoms with E-state index < -0.39 is 11.7 Å². The average Bonchev–Trinajstić information content (AvgIpc) is 2.74. The Hall–Kier alpha value is -3.04. The average molecular weight is 422 g/mol. The second kappa shape index (κ2) is 10.1. The Kier molecular flexibility index (Phi) is 7.31. The summed E-state index contributed by atoms with van der Waals surface area (Å²) in [6, 6.07) is 5.65. The van der Waals surface area contributed by atoms with Crippen LogP contribution in [0.2, 0.25) is 0 Å². The summed E-state index contributed by atoms with van der Waals surface area (Å²) < 4.78 is 37.5. The Morgan fingerprint density at radius 3 is 2.43 bits per heavy atom. The maximum absolute atomic E-state index is 12.5. The number of rotatable bonds is 7. The van der Waals surface area contributed by atoms with Crippen molar-refractivity contribution in [3.05, 3.63) is 42.2 Å². The first kappa shape index (κ1) is 21.7. The number of hydrogen-bond donors (Lipinski definition) is 3. The number of halogens is 3. The number of aromatic nitrogens is 2. The van der Waals surface area contributed by atoms with E-state index in [2.05, 4.69) is 30.8 Å². The highest BCUT2D eigenvalue weighted by Crippen LogP contribution is 2.28. The number of nitrogens with one attached hydrogen (secondary N) is 3. The van der Waals surface area contributed by atoms with E-state index in [9.17, 15) is 18.0 Å². The number of urea groups is 1. The predicted molar refractivity (Wildman–Crippen MR) is 110 cm³/mol. The fraction of sp³-hybridized carbons (Fsp3) is 0.450. The second-order valence-corrected chi connectivity index (χ2v) is 7.04. The minimum absolute atomic E-state index is 0.338.